The molecule has 1 nitrogen and oxygen atoms in total. The van der Waals surface area contributed by atoms with Crippen molar-refractivity contribution < 1.29 is 0 Å². The average molecular weight is 141 g/mol. The highest BCUT2D eigenvalue weighted by Gasteiger charge is 1.72. The first-order valence-corrected chi connectivity index (χ1v) is 3.06. The first-order valence-electron chi connectivity index (χ1n) is 2.61. The van der Waals surface area contributed by atoms with Crippen LogP contribution in [0.1, 0.15) is 6.92 Å². The SMILES string of the molecule is C=C(S)/C=C\C=C(/C)N. The maximum absolute atomic E-state index is 5.33. The fourth-order valence-corrected chi connectivity index (χ4v) is 0.397. The van der Waals surface area contributed by atoms with Gasteiger partial charge in [0.05, 0.1) is 0 Å². The van der Waals surface area contributed by atoms with Gasteiger partial charge in [-0.2, -0.15) is 0 Å². The second kappa shape index (κ2) is 4.27. The second-order valence-electron chi connectivity index (χ2n) is 1.76. The van der Waals surface area contributed by atoms with Crippen molar-refractivity contribution in [1.29, 1.82) is 0 Å². The molecule has 0 rings (SSSR count). The number of nitrogens with two attached hydrogens (primary N) is 1. The van der Waals surface area contributed by atoms with Gasteiger partial charge >= 0.3 is 0 Å². The van der Waals surface area contributed by atoms with Gasteiger partial charge in [-0.3, -0.25) is 0 Å². The first-order chi connectivity index (χ1) is 4.13. The van der Waals surface area contributed by atoms with Crippen LogP contribution in [0.5, 0.6) is 0 Å². The van der Waals surface area contributed by atoms with Gasteiger partial charge in [-0.05, 0) is 24.0 Å². The van der Waals surface area contributed by atoms with Gasteiger partial charge < -0.3 is 5.73 Å². The van der Waals surface area contributed by atoms with Crippen LogP contribution in [-0.2, 0) is 0 Å². The minimum atomic E-state index is 0.729. The molecule has 0 aromatic carbocycles. The van der Waals surface area contributed by atoms with Crippen LogP contribution in [0.2, 0.25) is 0 Å². The Balaban J connectivity index is 3.74. The van der Waals surface area contributed by atoms with Crippen molar-refractivity contribution in [2.75, 3.05) is 0 Å². The second-order valence-corrected chi connectivity index (χ2v) is 2.34. The monoisotopic (exact) mass is 141 g/mol. The Morgan fingerprint density at radius 1 is 1.67 bits per heavy atom. The molecule has 0 unspecified atom stereocenters. The van der Waals surface area contributed by atoms with E-state index in [4.69, 9.17) is 5.73 Å². The van der Waals surface area contributed by atoms with Gasteiger partial charge in [0.25, 0.3) is 0 Å². The average Bonchev–Trinajstić information content (AvgIpc) is 1.63. The molecule has 50 valence electrons. The van der Waals surface area contributed by atoms with Crippen molar-refractivity contribution in [3.05, 3.63) is 35.4 Å². The van der Waals surface area contributed by atoms with Gasteiger partial charge in [0.15, 0.2) is 0 Å². The van der Waals surface area contributed by atoms with E-state index >= 15 is 0 Å². The summed E-state index contributed by atoms with van der Waals surface area (Å²) in [6.45, 7) is 5.38. The molecule has 0 saturated carbocycles. The molecule has 0 spiro atoms. The Bertz CT molecular complexity index is 152. The summed E-state index contributed by atoms with van der Waals surface area (Å²) >= 11 is 3.95. The third-order valence-corrected chi connectivity index (χ3v) is 0.797. The number of thiol groups is 1. The third-order valence-electron chi connectivity index (χ3n) is 0.648. The number of allylic oxidation sites excluding steroid dienone is 4. The van der Waals surface area contributed by atoms with E-state index in [0.717, 1.165) is 10.6 Å². The molecular formula is C7H11NS. The van der Waals surface area contributed by atoms with E-state index in [0.29, 0.717) is 0 Å². The summed E-state index contributed by atoms with van der Waals surface area (Å²) < 4.78 is 0. The third kappa shape index (κ3) is 7.37. The summed E-state index contributed by atoms with van der Waals surface area (Å²) in [7, 11) is 0. The van der Waals surface area contributed by atoms with Crippen molar-refractivity contribution in [2.24, 2.45) is 5.73 Å². The van der Waals surface area contributed by atoms with Crippen molar-refractivity contribution >= 4 is 12.6 Å². The minimum absolute atomic E-state index is 0.729. The number of rotatable bonds is 2. The highest BCUT2D eigenvalue weighted by Crippen LogP contribution is 1.96. The Hall–Kier alpha value is -0.630. The Morgan fingerprint density at radius 3 is 2.56 bits per heavy atom. The fourth-order valence-electron chi connectivity index (χ4n) is 0.311. The summed E-state index contributed by atoms with van der Waals surface area (Å²) in [6.07, 6.45) is 5.38. The number of hydrogen-bond donors (Lipinski definition) is 2. The first kappa shape index (κ1) is 8.37. The summed E-state index contributed by atoms with van der Waals surface area (Å²) in [5.74, 6) is 0. The zero-order valence-electron chi connectivity index (χ0n) is 5.46. The highest BCUT2D eigenvalue weighted by molar-refractivity contribution is 7.84. The maximum Gasteiger partial charge on any atom is 0.00488 e. The Kier molecular flexibility index (Phi) is 3.97. The lowest BCUT2D eigenvalue weighted by Crippen LogP contribution is -1.87. The molecule has 0 aliphatic rings. The normalized spacial score (nSPS) is 12.4. The molecule has 2 N–H and O–H groups in total. The topological polar surface area (TPSA) is 26.0 Å². The van der Waals surface area contributed by atoms with Gasteiger partial charge in [0, 0.05) is 5.70 Å². The summed E-state index contributed by atoms with van der Waals surface area (Å²) in [5, 5.41) is 0. The maximum atomic E-state index is 5.33. The molecule has 0 amide bonds. The van der Waals surface area contributed by atoms with E-state index in [-0.39, 0.29) is 0 Å². The van der Waals surface area contributed by atoms with E-state index in [1.54, 1.807) is 12.2 Å². The minimum Gasteiger partial charge on any atom is -0.402 e. The van der Waals surface area contributed by atoms with E-state index in [2.05, 4.69) is 19.2 Å². The fraction of sp³-hybridized carbons (Fsp3) is 0.143. The van der Waals surface area contributed by atoms with Crippen LogP contribution in [0.4, 0.5) is 0 Å². The largest absolute Gasteiger partial charge is 0.402 e. The van der Waals surface area contributed by atoms with Crippen molar-refractivity contribution in [3.8, 4) is 0 Å². The Labute approximate surface area is 61.4 Å². The predicted molar refractivity (Wildman–Crippen MR) is 45.2 cm³/mol. The van der Waals surface area contributed by atoms with Gasteiger partial charge in [0.1, 0.15) is 0 Å². The van der Waals surface area contributed by atoms with Gasteiger partial charge in [-0.25, -0.2) is 0 Å². The van der Waals surface area contributed by atoms with E-state index < -0.39 is 0 Å². The van der Waals surface area contributed by atoms with Crippen LogP contribution in [0, 0.1) is 0 Å². The molecule has 0 aliphatic heterocycles. The summed E-state index contributed by atoms with van der Waals surface area (Å²) in [6, 6.07) is 0. The standard InChI is InChI=1S/C7H11NS/c1-6(8)4-3-5-7(2)9/h3-5,9H,2,8H2,1H3/b5-3-,6-4+. The molecule has 0 saturated heterocycles. The lowest BCUT2D eigenvalue weighted by atomic mass is 10.4. The summed E-state index contributed by atoms with van der Waals surface area (Å²) in [4.78, 5) is 0.729. The van der Waals surface area contributed by atoms with Crippen molar-refractivity contribution in [2.45, 2.75) is 6.92 Å². The van der Waals surface area contributed by atoms with Gasteiger partial charge in [-0.1, -0.05) is 12.7 Å². The molecule has 0 heterocycles. The molecular weight excluding hydrogens is 130 g/mol. The summed E-state index contributed by atoms with van der Waals surface area (Å²) in [5.41, 5.74) is 6.11. The molecule has 9 heavy (non-hydrogen) atoms. The van der Waals surface area contributed by atoms with Gasteiger partial charge in [0.2, 0.25) is 0 Å². The molecule has 0 atom stereocenters. The zero-order chi connectivity index (χ0) is 7.28. The van der Waals surface area contributed by atoms with Gasteiger partial charge in [-0.15, -0.1) is 12.6 Å². The van der Waals surface area contributed by atoms with Crippen LogP contribution in [0.3, 0.4) is 0 Å². The van der Waals surface area contributed by atoms with E-state index in [1.165, 1.54) is 0 Å². The van der Waals surface area contributed by atoms with E-state index in [1.807, 2.05) is 13.0 Å². The van der Waals surface area contributed by atoms with Crippen LogP contribution < -0.4 is 5.73 Å². The molecule has 0 bridgehead atoms. The smallest absolute Gasteiger partial charge is 0.00488 e. The Morgan fingerprint density at radius 2 is 2.22 bits per heavy atom. The van der Waals surface area contributed by atoms with Crippen LogP contribution in [0.15, 0.2) is 35.4 Å². The van der Waals surface area contributed by atoms with Crippen LogP contribution in [0.25, 0.3) is 0 Å². The lowest BCUT2D eigenvalue weighted by molar-refractivity contribution is 1.32. The zero-order valence-corrected chi connectivity index (χ0v) is 6.36. The number of hydrogen-bond acceptors (Lipinski definition) is 2. The highest BCUT2D eigenvalue weighted by atomic mass is 32.1. The molecule has 0 aliphatic carbocycles. The van der Waals surface area contributed by atoms with Crippen LogP contribution in [-0.4, -0.2) is 0 Å². The molecule has 0 aromatic rings. The molecule has 2 heteroatoms. The quantitative estimate of drug-likeness (QED) is 0.445. The lowest BCUT2D eigenvalue weighted by Gasteiger charge is -1.83. The van der Waals surface area contributed by atoms with Crippen molar-refractivity contribution in [3.63, 3.8) is 0 Å². The predicted octanol–water partition coefficient (Wildman–Crippen LogP) is 1.85. The van der Waals surface area contributed by atoms with Crippen molar-refractivity contribution in [1.82, 2.24) is 0 Å². The van der Waals surface area contributed by atoms with E-state index in [9.17, 15) is 0 Å². The molecule has 0 aromatic heterocycles. The molecule has 0 fully saturated rings. The molecule has 0 radical (unpaired) electrons. The van der Waals surface area contributed by atoms with Crippen LogP contribution >= 0.6 is 12.6 Å².